The summed E-state index contributed by atoms with van der Waals surface area (Å²) in [4.78, 5) is 19.4. The number of ether oxygens (including phenoxy) is 1. The first-order chi connectivity index (χ1) is 12.1. The molecule has 0 unspecified atom stereocenters. The largest absolute Gasteiger partial charge is 0.497 e. The lowest BCUT2D eigenvalue weighted by molar-refractivity contribution is 0.0733. The molecule has 1 amide bonds. The molecule has 0 aliphatic carbocycles. The highest BCUT2D eigenvalue weighted by Gasteiger charge is 2.23. The van der Waals surface area contributed by atoms with Crippen molar-refractivity contribution < 1.29 is 9.53 Å². The molecule has 126 valence electrons. The second kappa shape index (κ2) is 6.37. The first kappa shape index (κ1) is 15.9. The number of carbonyl (C=O) groups excluding carboxylic acids is 1. The van der Waals surface area contributed by atoms with Crippen molar-refractivity contribution in [2.24, 2.45) is 0 Å². The maximum absolute atomic E-state index is 12.8. The van der Waals surface area contributed by atoms with Crippen molar-refractivity contribution in [2.45, 2.75) is 13.0 Å². The molecule has 0 fully saturated rings. The molecule has 4 nitrogen and oxygen atoms in total. The Morgan fingerprint density at radius 3 is 2.92 bits per heavy atom. The molecule has 5 heteroatoms. The minimum Gasteiger partial charge on any atom is -0.497 e. The lowest BCUT2D eigenvalue weighted by Crippen LogP contribution is -2.36. The summed E-state index contributed by atoms with van der Waals surface area (Å²) in [7, 11) is 1.60. The van der Waals surface area contributed by atoms with Gasteiger partial charge >= 0.3 is 0 Å². The minimum absolute atomic E-state index is 0.00995. The number of pyridine rings is 1. The predicted molar refractivity (Wildman–Crippen MR) is 98.2 cm³/mol. The van der Waals surface area contributed by atoms with Crippen LogP contribution in [0.1, 0.15) is 21.6 Å². The second-order valence-corrected chi connectivity index (χ2v) is 6.58. The minimum atomic E-state index is 0.00995. The second-order valence-electron chi connectivity index (χ2n) is 6.14. The summed E-state index contributed by atoms with van der Waals surface area (Å²) < 4.78 is 5.21. The summed E-state index contributed by atoms with van der Waals surface area (Å²) in [5.41, 5.74) is 3.72. The van der Waals surface area contributed by atoms with Gasteiger partial charge in [0.15, 0.2) is 0 Å². The molecule has 0 radical (unpaired) electrons. The van der Waals surface area contributed by atoms with Gasteiger partial charge in [-0.3, -0.25) is 9.78 Å². The zero-order valence-corrected chi connectivity index (χ0v) is 14.6. The van der Waals surface area contributed by atoms with Gasteiger partial charge < -0.3 is 9.64 Å². The molecular weight excluding hydrogens is 336 g/mol. The molecule has 25 heavy (non-hydrogen) atoms. The molecule has 4 rings (SSSR count). The smallest absolute Gasteiger partial charge is 0.254 e. The Hall–Kier alpha value is -2.59. The lowest BCUT2D eigenvalue weighted by Gasteiger charge is -2.28. The van der Waals surface area contributed by atoms with Crippen molar-refractivity contribution in [3.8, 4) is 5.75 Å². The molecule has 0 saturated heterocycles. The molecule has 3 aromatic rings. The Morgan fingerprint density at radius 2 is 2.08 bits per heavy atom. The van der Waals surface area contributed by atoms with Gasteiger partial charge in [0.05, 0.1) is 12.6 Å². The number of nitrogens with zero attached hydrogens (tertiary/aromatic N) is 2. The maximum atomic E-state index is 12.8. The van der Waals surface area contributed by atoms with E-state index in [1.54, 1.807) is 13.2 Å². The van der Waals surface area contributed by atoms with E-state index < -0.39 is 0 Å². The van der Waals surface area contributed by atoms with E-state index >= 15 is 0 Å². The number of amides is 1. The highest BCUT2D eigenvalue weighted by Crippen LogP contribution is 2.26. The van der Waals surface area contributed by atoms with Crippen LogP contribution in [0.25, 0.3) is 10.9 Å². The number of rotatable bonds is 2. The van der Waals surface area contributed by atoms with Crippen molar-refractivity contribution in [1.82, 2.24) is 9.88 Å². The van der Waals surface area contributed by atoms with Gasteiger partial charge in [0.1, 0.15) is 5.75 Å². The first-order valence-corrected chi connectivity index (χ1v) is 8.53. The van der Waals surface area contributed by atoms with E-state index in [9.17, 15) is 4.79 Å². The number of halogens is 1. The molecule has 0 spiro atoms. The number of hydrogen-bond acceptors (Lipinski definition) is 3. The van der Waals surface area contributed by atoms with Crippen LogP contribution in [0.3, 0.4) is 0 Å². The van der Waals surface area contributed by atoms with E-state index in [0.29, 0.717) is 29.4 Å². The Balaban J connectivity index is 1.64. The number of aromatic nitrogens is 1. The number of fused-ring (bicyclic) bond motifs is 2. The van der Waals surface area contributed by atoms with Gasteiger partial charge in [0.2, 0.25) is 0 Å². The average Bonchev–Trinajstić information content (AvgIpc) is 2.65. The van der Waals surface area contributed by atoms with E-state index in [1.807, 2.05) is 41.3 Å². The van der Waals surface area contributed by atoms with Gasteiger partial charge in [0.25, 0.3) is 5.91 Å². The van der Waals surface area contributed by atoms with Crippen molar-refractivity contribution in [1.29, 1.82) is 0 Å². The number of hydrogen-bond donors (Lipinski definition) is 0. The van der Waals surface area contributed by atoms with Gasteiger partial charge in [-0.1, -0.05) is 17.7 Å². The molecule has 0 bridgehead atoms. The van der Waals surface area contributed by atoms with Crippen molar-refractivity contribution in [2.75, 3.05) is 13.7 Å². The van der Waals surface area contributed by atoms with Crippen LogP contribution >= 0.6 is 11.6 Å². The zero-order valence-electron chi connectivity index (χ0n) is 13.8. The third-order valence-corrected chi connectivity index (χ3v) is 4.76. The fourth-order valence-electron chi connectivity index (χ4n) is 3.22. The van der Waals surface area contributed by atoms with Gasteiger partial charge in [-0.25, -0.2) is 0 Å². The molecule has 2 heterocycles. The van der Waals surface area contributed by atoms with Crippen LogP contribution in [0.4, 0.5) is 0 Å². The van der Waals surface area contributed by atoms with Gasteiger partial charge in [-0.2, -0.15) is 0 Å². The number of benzene rings is 2. The third-order valence-electron chi connectivity index (χ3n) is 4.53. The summed E-state index contributed by atoms with van der Waals surface area (Å²) in [6.45, 7) is 1.22. The van der Waals surface area contributed by atoms with Gasteiger partial charge in [-0.05, 0) is 48.0 Å². The van der Waals surface area contributed by atoms with E-state index in [2.05, 4.69) is 6.07 Å². The van der Waals surface area contributed by atoms with Crippen LogP contribution in [0.15, 0.2) is 48.5 Å². The predicted octanol–water partition coefficient (Wildman–Crippen LogP) is 4.10. The zero-order chi connectivity index (χ0) is 17.4. The quantitative estimate of drug-likeness (QED) is 0.697. The molecule has 0 atom stereocenters. The Morgan fingerprint density at radius 1 is 1.20 bits per heavy atom. The average molecular weight is 353 g/mol. The molecular formula is C20H17ClN2O2. The van der Waals surface area contributed by atoms with Crippen molar-refractivity contribution in [3.63, 3.8) is 0 Å². The summed E-state index contributed by atoms with van der Waals surface area (Å²) >= 11 is 6.09. The van der Waals surface area contributed by atoms with E-state index in [-0.39, 0.29) is 5.91 Å². The summed E-state index contributed by atoms with van der Waals surface area (Å²) in [5, 5.41) is 1.69. The summed E-state index contributed by atoms with van der Waals surface area (Å²) in [6, 6.07) is 15.1. The number of methoxy groups -OCH3 is 1. The Bertz CT molecular complexity index is 971. The van der Waals surface area contributed by atoms with Crippen LogP contribution in [0.2, 0.25) is 5.02 Å². The SMILES string of the molecule is COc1cccc(C(=O)N2CCc3nc4ccc(Cl)cc4cc3C2)c1. The Labute approximate surface area is 151 Å². The van der Waals surface area contributed by atoms with E-state index in [0.717, 1.165) is 28.6 Å². The lowest BCUT2D eigenvalue weighted by atomic mass is 10.0. The van der Waals surface area contributed by atoms with Crippen LogP contribution in [-0.2, 0) is 13.0 Å². The first-order valence-electron chi connectivity index (χ1n) is 8.15. The molecule has 1 aliphatic heterocycles. The summed E-state index contributed by atoms with van der Waals surface area (Å²) in [5.74, 6) is 0.696. The Kier molecular flexibility index (Phi) is 4.06. The molecule has 0 saturated carbocycles. The highest BCUT2D eigenvalue weighted by molar-refractivity contribution is 6.31. The van der Waals surface area contributed by atoms with Crippen LogP contribution < -0.4 is 4.74 Å². The molecule has 2 aromatic carbocycles. The summed E-state index contributed by atoms with van der Waals surface area (Å²) in [6.07, 6.45) is 0.754. The fourth-order valence-corrected chi connectivity index (χ4v) is 3.40. The van der Waals surface area contributed by atoms with E-state index in [4.69, 9.17) is 21.3 Å². The number of carbonyl (C=O) groups is 1. The molecule has 0 N–H and O–H groups in total. The highest BCUT2D eigenvalue weighted by atomic mass is 35.5. The van der Waals surface area contributed by atoms with Crippen molar-refractivity contribution in [3.05, 3.63) is 70.4 Å². The van der Waals surface area contributed by atoms with Crippen LogP contribution in [0.5, 0.6) is 5.75 Å². The fraction of sp³-hybridized carbons (Fsp3) is 0.200. The third kappa shape index (κ3) is 3.05. The van der Waals surface area contributed by atoms with Crippen LogP contribution in [-0.4, -0.2) is 29.4 Å². The topological polar surface area (TPSA) is 42.4 Å². The standard InChI is InChI=1S/C20H17ClN2O2/c1-25-17-4-2-3-13(11-17)20(24)23-8-7-19-15(12-23)9-14-10-16(21)5-6-18(14)22-19/h2-6,9-11H,7-8,12H2,1H3. The molecule has 1 aromatic heterocycles. The molecule has 1 aliphatic rings. The maximum Gasteiger partial charge on any atom is 0.254 e. The van der Waals surface area contributed by atoms with Gasteiger partial charge in [0, 0.05) is 41.2 Å². The normalized spacial score (nSPS) is 13.6. The van der Waals surface area contributed by atoms with E-state index in [1.165, 1.54) is 0 Å². The van der Waals surface area contributed by atoms with Gasteiger partial charge in [-0.15, -0.1) is 0 Å². The van der Waals surface area contributed by atoms with Crippen molar-refractivity contribution >= 4 is 28.4 Å². The monoisotopic (exact) mass is 352 g/mol. The van der Waals surface area contributed by atoms with Crippen LogP contribution in [0, 0.1) is 0 Å².